The van der Waals surface area contributed by atoms with Gasteiger partial charge in [0.15, 0.2) is 6.17 Å². The first-order valence-electron chi connectivity index (χ1n) is 14.3. The SMILES string of the molecule is CN1C(n2c3ccccc3c3ccccc32)=NN2C=CC=C(c3ccc4c5ccccc5n(-c5ccccc5)c4c3)C21. The summed E-state index contributed by atoms with van der Waals surface area (Å²) in [6, 6.07) is 43.4. The maximum atomic E-state index is 5.18. The van der Waals surface area contributed by atoms with E-state index < -0.39 is 0 Å². The Morgan fingerprint density at radius 3 is 1.81 bits per heavy atom. The molecule has 5 nitrogen and oxygen atoms in total. The maximum absolute atomic E-state index is 5.18. The van der Waals surface area contributed by atoms with Crippen LogP contribution in [0.2, 0.25) is 0 Å². The van der Waals surface area contributed by atoms with Crippen molar-refractivity contribution in [2.45, 2.75) is 6.17 Å². The number of hydrogen-bond acceptors (Lipinski definition) is 3. The lowest BCUT2D eigenvalue weighted by atomic mass is 9.98. The number of benzene rings is 5. The Morgan fingerprint density at radius 1 is 0.571 bits per heavy atom. The van der Waals surface area contributed by atoms with Crippen LogP contribution in [0, 0.1) is 0 Å². The summed E-state index contributed by atoms with van der Waals surface area (Å²) in [5, 5.41) is 12.3. The van der Waals surface area contributed by atoms with E-state index in [2.05, 4.69) is 166 Å². The summed E-state index contributed by atoms with van der Waals surface area (Å²) in [7, 11) is 2.15. The van der Waals surface area contributed by atoms with Gasteiger partial charge in [-0.3, -0.25) is 4.57 Å². The van der Waals surface area contributed by atoms with Gasteiger partial charge >= 0.3 is 0 Å². The largest absolute Gasteiger partial charge is 0.318 e. The quantitative estimate of drug-likeness (QED) is 0.221. The summed E-state index contributed by atoms with van der Waals surface area (Å²) in [4.78, 5) is 2.30. The topological polar surface area (TPSA) is 28.7 Å². The number of rotatable bonds is 2. The Hall–Kier alpha value is -5.55. The van der Waals surface area contributed by atoms with E-state index in [0.29, 0.717) is 0 Å². The summed E-state index contributed by atoms with van der Waals surface area (Å²) in [5.41, 5.74) is 8.30. The molecule has 2 aromatic heterocycles. The Kier molecular flexibility index (Phi) is 4.81. The third-order valence-corrected chi connectivity index (χ3v) is 8.73. The fourth-order valence-electron chi connectivity index (χ4n) is 6.89. The van der Waals surface area contributed by atoms with Crippen LogP contribution in [0.1, 0.15) is 5.56 Å². The molecule has 7 aromatic rings. The van der Waals surface area contributed by atoms with E-state index in [0.717, 1.165) is 22.7 Å². The molecule has 5 heteroatoms. The highest BCUT2D eigenvalue weighted by Crippen LogP contribution is 2.38. The predicted octanol–water partition coefficient (Wildman–Crippen LogP) is 8.20. The number of hydrazone groups is 1. The van der Waals surface area contributed by atoms with Gasteiger partial charge in [0.25, 0.3) is 0 Å². The molecular formula is C37H27N5. The maximum Gasteiger partial charge on any atom is 0.230 e. The van der Waals surface area contributed by atoms with E-state index in [4.69, 9.17) is 5.10 Å². The monoisotopic (exact) mass is 541 g/mol. The van der Waals surface area contributed by atoms with Crippen LogP contribution in [0.5, 0.6) is 0 Å². The average molecular weight is 542 g/mol. The predicted molar refractivity (Wildman–Crippen MR) is 174 cm³/mol. The lowest BCUT2D eigenvalue weighted by molar-refractivity contribution is 0.261. The second kappa shape index (κ2) is 8.72. The van der Waals surface area contributed by atoms with Crippen LogP contribution in [-0.4, -0.2) is 38.2 Å². The van der Waals surface area contributed by atoms with Crippen LogP contribution >= 0.6 is 0 Å². The fourth-order valence-corrected chi connectivity index (χ4v) is 6.89. The molecule has 0 amide bonds. The van der Waals surface area contributed by atoms with Gasteiger partial charge in [-0.1, -0.05) is 91.0 Å². The first-order valence-corrected chi connectivity index (χ1v) is 14.3. The van der Waals surface area contributed by atoms with Crippen molar-refractivity contribution >= 4 is 55.1 Å². The number of nitrogens with zero attached hydrogens (tertiary/aromatic N) is 5. The van der Waals surface area contributed by atoms with Crippen LogP contribution in [0.3, 0.4) is 0 Å². The number of likely N-dealkylation sites (N-methyl/N-ethyl adjacent to an activating group) is 1. The highest BCUT2D eigenvalue weighted by Gasteiger charge is 2.37. The molecule has 2 aliphatic heterocycles. The molecule has 0 radical (unpaired) electrons. The summed E-state index contributed by atoms with van der Waals surface area (Å²) < 4.78 is 4.68. The molecule has 0 saturated heterocycles. The molecule has 1 atom stereocenters. The summed E-state index contributed by atoms with van der Waals surface area (Å²) in [5.74, 6) is 0.911. The van der Waals surface area contributed by atoms with E-state index >= 15 is 0 Å². The van der Waals surface area contributed by atoms with Gasteiger partial charge in [0.05, 0.1) is 22.1 Å². The smallest absolute Gasteiger partial charge is 0.230 e. The van der Waals surface area contributed by atoms with Crippen molar-refractivity contribution in [1.29, 1.82) is 0 Å². The molecule has 0 bridgehead atoms. The number of hydrogen-bond donors (Lipinski definition) is 0. The van der Waals surface area contributed by atoms with Gasteiger partial charge in [0.2, 0.25) is 5.96 Å². The zero-order valence-electron chi connectivity index (χ0n) is 23.1. The molecule has 0 N–H and O–H groups in total. The van der Waals surface area contributed by atoms with Gasteiger partial charge in [0, 0.05) is 46.1 Å². The molecule has 9 rings (SSSR count). The van der Waals surface area contributed by atoms with Crippen molar-refractivity contribution in [2.24, 2.45) is 5.10 Å². The van der Waals surface area contributed by atoms with E-state index in [1.807, 2.05) is 0 Å². The molecule has 0 fully saturated rings. The van der Waals surface area contributed by atoms with Crippen LogP contribution in [0.15, 0.2) is 145 Å². The second-order valence-electron chi connectivity index (χ2n) is 11.0. The van der Waals surface area contributed by atoms with Crippen molar-refractivity contribution in [3.05, 3.63) is 145 Å². The lowest BCUT2D eigenvalue weighted by Crippen LogP contribution is -2.41. The number of para-hydroxylation sites is 4. The fraction of sp³-hybridized carbons (Fsp3) is 0.0541. The average Bonchev–Trinajstić information content (AvgIpc) is 3.68. The van der Waals surface area contributed by atoms with Crippen molar-refractivity contribution < 1.29 is 0 Å². The number of allylic oxidation sites excluding steroid dienone is 2. The Morgan fingerprint density at radius 2 is 1.14 bits per heavy atom. The standard InChI is InChI=1S/C37H27N5/c1-39-36-27(25-21-22-31-30-16-5-8-18-32(30)41(35(31)24-25)26-12-3-2-4-13-26)17-11-23-40(36)38-37(39)42-33-19-9-6-14-28(33)29-15-7-10-20-34(29)42/h2-24,36H,1H3. The highest BCUT2D eigenvalue weighted by molar-refractivity contribution is 6.14. The van der Waals surface area contributed by atoms with E-state index in [9.17, 15) is 0 Å². The molecule has 5 aromatic carbocycles. The molecule has 42 heavy (non-hydrogen) atoms. The normalized spacial score (nSPS) is 16.5. The summed E-state index contributed by atoms with van der Waals surface area (Å²) in [6.07, 6.45) is 6.36. The minimum atomic E-state index is -0.0584. The summed E-state index contributed by atoms with van der Waals surface area (Å²) >= 11 is 0. The van der Waals surface area contributed by atoms with Crippen molar-refractivity contribution in [1.82, 2.24) is 19.0 Å². The number of fused-ring (bicyclic) bond motifs is 7. The first-order chi connectivity index (χ1) is 20.8. The zero-order valence-corrected chi connectivity index (χ0v) is 23.1. The lowest BCUT2D eigenvalue weighted by Gasteiger charge is -2.31. The first kappa shape index (κ1) is 23.2. The third-order valence-electron chi connectivity index (χ3n) is 8.73. The molecule has 4 heterocycles. The van der Waals surface area contributed by atoms with Gasteiger partial charge in [-0.05, 0) is 48.0 Å². The molecule has 0 spiro atoms. The van der Waals surface area contributed by atoms with Crippen LogP contribution in [0.25, 0.3) is 54.9 Å². The van der Waals surface area contributed by atoms with Crippen molar-refractivity contribution in [3.63, 3.8) is 0 Å². The Bertz CT molecular complexity index is 2230. The minimum absolute atomic E-state index is 0.0584. The minimum Gasteiger partial charge on any atom is -0.318 e. The van der Waals surface area contributed by atoms with Crippen LogP contribution < -0.4 is 0 Å². The highest BCUT2D eigenvalue weighted by atomic mass is 15.6. The Balaban J connectivity index is 1.19. The van der Waals surface area contributed by atoms with Gasteiger partial charge in [-0.15, -0.1) is 5.10 Å². The van der Waals surface area contributed by atoms with Gasteiger partial charge < -0.3 is 9.47 Å². The van der Waals surface area contributed by atoms with E-state index in [-0.39, 0.29) is 6.17 Å². The molecule has 1 unspecified atom stereocenters. The Labute approximate surface area is 243 Å². The van der Waals surface area contributed by atoms with Crippen LogP contribution in [-0.2, 0) is 0 Å². The molecule has 0 saturated carbocycles. The van der Waals surface area contributed by atoms with E-state index in [1.165, 1.54) is 43.7 Å². The molecule has 2 aliphatic rings. The number of aromatic nitrogens is 2. The van der Waals surface area contributed by atoms with Gasteiger partial charge in [0.1, 0.15) is 0 Å². The van der Waals surface area contributed by atoms with E-state index in [1.54, 1.807) is 0 Å². The van der Waals surface area contributed by atoms with Gasteiger partial charge in [-0.25, -0.2) is 5.01 Å². The van der Waals surface area contributed by atoms with Crippen molar-refractivity contribution in [3.8, 4) is 5.69 Å². The zero-order chi connectivity index (χ0) is 27.8. The summed E-state index contributed by atoms with van der Waals surface area (Å²) in [6.45, 7) is 0. The van der Waals surface area contributed by atoms with Crippen LogP contribution in [0.4, 0.5) is 0 Å². The van der Waals surface area contributed by atoms with Gasteiger partial charge in [-0.2, -0.15) is 0 Å². The third kappa shape index (κ3) is 3.16. The molecular weight excluding hydrogens is 514 g/mol. The molecule has 0 aliphatic carbocycles. The second-order valence-corrected chi connectivity index (χ2v) is 11.0. The van der Waals surface area contributed by atoms with Crippen molar-refractivity contribution in [2.75, 3.05) is 7.05 Å². The molecule has 200 valence electrons.